The van der Waals surface area contributed by atoms with Gasteiger partial charge >= 0.3 is 0 Å². The lowest BCUT2D eigenvalue weighted by Gasteiger charge is -2.12. The molecule has 0 amide bonds. The van der Waals surface area contributed by atoms with Gasteiger partial charge in [-0.1, -0.05) is 50.2 Å². The van der Waals surface area contributed by atoms with Crippen LogP contribution in [-0.2, 0) is 0 Å². The van der Waals surface area contributed by atoms with E-state index in [1.807, 2.05) is 30.3 Å². The fourth-order valence-corrected chi connectivity index (χ4v) is 2.44. The molecule has 1 heterocycles. The highest BCUT2D eigenvalue weighted by Gasteiger charge is 2.14. The first kappa shape index (κ1) is 11.8. The molecule has 19 heavy (non-hydrogen) atoms. The summed E-state index contributed by atoms with van der Waals surface area (Å²) in [5, 5.41) is 0. The van der Waals surface area contributed by atoms with E-state index in [0.717, 1.165) is 22.4 Å². The summed E-state index contributed by atoms with van der Waals surface area (Å²) < 4.78 is 1.68. The molecule has 0 saturated carbocycles. The zero-order chi connectivity index (χ0) is 13.4. The Morgan fingerprint density at radius 1 is 1.00 bits per heavy atom. The van der Waals surface area contributed by atoms with Gasteiger partial charge in [0, 0.05) is 5.56 Å². The first-order valence-electron chi connectivity index (χ1n) is 6.50. The number of para-hydroxylation sites is 2. The standard InChI is InChI=1S/C16H17N3/c1-11(2)12-7-3-4-8-13(12)16-18-14-9-5-6-10-15(14)19(16)17/h3-11H,17H2,1-2H3. The van der Waals surface area contributed by atoms with Crippen molar-refractivity contribution in [3.63, 3.8) is 0 Å². The third kappa shape index (κ3) is 1.87. The number of hydrogen-bond donors (Lipinski definition) is 1. The smallest absolute Gasteiger partial charge is 0.159 e. The molecule has 0 radical (unpaired) electrons. The molecule has 0 atom stereocenters. The Bertz CT molecular complexity index is 726. The van der Waals surface area contributed by atoms with Crippen LogP contribution in [-0.4, -0.2) is 9.66 Å². The van der Waals surface area contributed by atoms with Crippen molar-refractivity contribution in [3.8, 4) is 11.4 Å². The van der Waals surface area contributed by atoms with E-state index < -0.39 is 0 Å². The van der Waals surface area contributed by atoms with Crippen LogP contribution >= 0.6 is 0 Å². The number of benzene rings is 2. The highest BCUT2D eigenvalue weighted by molar-refractivity contribution is 5.81. The van der Waals surface area contributed by atoms with Crippen LogP contribution in [0.2, 0.25) is 0 Å². The van der Waals surface area contributed by atoms with E-state index in [1.54, 1.807) is 4.68 Å². The number of rotatable bonds is 2. The van der Waals surface area contributed by atoms with Crippen LogP contribution in [0.5, 0.6) is 0 Å². The predicted octanol–water partition coefficient (Wildman–Crippen LogP) is 3.54. The van der Waals surface area contributed by atoms with E-state index >= 15 is 0 Å². The van der Waals surface area contributed by atoms with Crippen molar-refractivity contribution >= 4 is 11.0 Å². The summed E-state index contributed by atoms with van der Waals surface area (Å²) in [4.78, 5) is 4.66. The molecule has 2 aromatic carbocycles. The lowest BCUT2D eigenvalue weighted by Crippen LogP contribution is -2.10. The average Bonchev–Trinajstić information content (AvgIpc) is 2.76. The average molecular weight is 251 g/mol. The van der Waals surface area contributed by atoms with E-state index in [4.69, 9.17) is 5.84 Å². The molecule has 3 rings (SSSR count). The van der Waals surface area contributed by atoms with Crippen LogP contribution in [0.1, 0.15) is 25.3 Å². The second-order valence-corrected chi connectivity index (χ2v) is 5.04. The number of nitrogens with zero attached hydrogens (tertiary/aromatic N) is 2. The maximum absolute atomic E-state index is 6.19. The monoisotopic (exact) mass is 251 g/mol. The Morgan fingerprint density at radius 3 is 2.42 bits per heavy atom. The molecule has 2 N–H and O–H groups in total. The van der Waals surface area contributed by atoms with Crippen LogP contribution in [0.4, 0.5) is 0 Å². The quantitative estimate of drug-likeness (QED) is 0.708. The Balaban J connectivity index is 2.28. The summed E-state index contributed by atoms with van der Waals surface area (Å²) in [5.41, 5.74) is 4.26. The van der Waals surface area contributed by atoms with Gasteiger partial charge in [0.05, 0.1) is 11.0 Å². The minimum atomic E-state index is 0.441. The maximum Gasteiger partial charge on any atom is 0.159 e. The van der Waals surface area contributed by atoms with Crippen molar-refractivity contribution in [2.45, 2.75) is 19.8 Å². The number of fused-ring (bicyclic) bond motifs is 1. The summed E-state index contributed by atoms with van der Waals surface area (Å²) in [6.45, 7) is 4.37. The van der Waals surface area contributed by atoms with Gasteiger partial charge in [-0.05, 0) is 23.6 Å². The third-order valence-electron chi connectivity index (χ3n) is 3.42. The fraction of sp³-hybridized carbons (Fsp3) is 0.188. The van der Waals surface area contributed by atoms with E-state index in [1.165, 1.54) is 5.56 Å². The first-order valence-corrected chi connectivity index (χ1v) is 6.50. The molecule has 96 valence electrons. The number of hydrogen-bond acceptors (Lipinski definition) is 2. The molecule has 3 nitrogen and oxygen atoms in total. The second kappa shape index (κ2) is 4.43. The fourth-order valence-electron chi connectivity index (χ4n) is 2.44. The Morgan fingerprint density at radius 2 is 1.68 bits per heavy atom. The van der Waals surface area contributed by atoms with Gasteiger partial charge in [-0.3, -0.25) is 0 Å². The molecule has 3 heteroatoms. The molecule has 0 saturated heterocycles. The minimum absolute atomic E-state index is 0.441. The van der Waals surface area contributed by atoms with Gasteiger partial charge in [-0.25, -0.2) is 9.66 Å². The molecule has 3 aromatic rings. The van der Waals surface area contributed by atoms with Gasteiger partial charge in [0.1, 0.15) is 0 Å². The highest BCUT2D eigenvalue weighted by Crippen LogP contribution is 2.29. The molecule has 0 spiro atoms. The van der Waals surface area contributed by atoms with Gasteiger partial charge < -0.3 is 5.84 Å². The summed E-state index contributed by atoms with van der Waals surface area (Å²) in [6, 6.07) is 16.2. The van der Waals surface area contributed by atoms with Crippen molar-refractivity contribution in [3.05, 3.63) is 54.1 Å². The van der Waals surface area contributed by atoms with Crippen LogP contribution in [0.15, 0.2) is 48.5 Å². The summed E-state index contributed by atoms with van der Waals surface area (Å²) in [5.74, 6) is 7.46. The molecular formula is C16H17N3. The second-order valence-electron chi connectivity index (χ2n) is 5.04. The van der Waals surface area contributed by atoms with Gasteiger partial charge in [-0.15, -0.1) is 0 Å². The summed E-state index contributed by atoms with van der Waals surface area (Å²) in [7, 11) is 0. The predicted molar refractivity (Wildman–Crippen MR) is 79.4 cm³/mol. The lowest BCUT2D eigenvalue weighted by molar-refractivity contribution is 0.864. The molecule has 0 aliphatic heterocycles. The van der Waals surface area contributed by atoms with Crippen LogP contribution in [0.25, 0.3) is 22.4 Å². The molecule has 0 fully saturated rings. The van der Waals surface area contributed by atoms with Crippen LogP contribution in [0, 0.1) is 0 Å². The molecular weight excluding hydrogens is 234 g/mol. The molecule has 0 aliphatic rings. The number of nitrogens with two attached hydrogens (primary N) is 1. The zero-order valence-electron chi connectivity index (χ0n) is 11.2. The number of aromatic nitrogens is 2. The minimum Gasteiger partial charge on any atom is -0.337 e. The van der Waals surface area contributed by atoms with Crippen LogP contribution < -0.4 is 5.84 Å². The zero-order valence-corrected chi connectivity index (χ0v) is 11.2. The van der Waals surface area contributed by atoms with Crippen molar-refractivity contribution in [2.24, 2.45) is 0 Å². The largest absolute Gasteiger partial charge is 0.337 e. The summed E-state index contributed by atoms with van der Waals surface area (Å²) >= 11 is 0. The Hall–Kier alpha value is -2.29. The van der Waals surface area contributed by atoms with E-state index in [-0.39, 0.29) is 0 Å². The van der Waals surface area contributed by atoms with Gasteiger partial charge in [0.25, 0.3) is 0 Å². The van der Waals surface area contributed by atoms with E-state index in [9.17, 15) is 0 Å². The molecule has 0 bridgehead atoms. The van der Waals surface area contributed by atoms with Crippen molar-refractivity contribution in [1.29, 1.82) is 0 Å². The molecule has 0 aliphatic carbocycles. The van der Waals surface area contributed by atoms with Crippen molar-refractivity contribution < 1.29 is 0 Å². The van der Waals surface area contributed by atoms with Gasteiger partial charge in [0.15, 0.2) is 5.82 Å². The van der Waals surface area contributed by atoms with Crippen molar-refractivity contribution in [2.75, 3.05) is 5.84 Å². The Kier molecular flexibility index (Phi) is 2.75. The first-order chi connectivity index (χ1) is 9.18. The third-order valence-corrected chi connectivity index (χ3v) is 3.42. The summed E-state index contributed by atoms with van der Waals surface area (Å²) in [6.07, 6.45) is 0. The normalized spacial score (nSPS) is 11.3. The van der Waals surface area contributed by atoms with E-state index in [0.29, 0.717) is 5.92 Å². The van der Waals surface area contributed by atoms with E-state index in [2.05, 4.69) is 37.0 Å². The van der Waals surface area contributed by atoms with Gasteiger partial charge in [0.2, 0.25) is 0 Å². The topological polar surface area (TPSA) is 43.8 Å². The lowest BCUT2D eigenvalue weighted by atomic mass is 9.97. The number of imidazole rings is 1. The molecule has 0 unspecified atom stereocenters. The maximum atomic E-state index is 6.19. The molecule has 1 aromatic heterocycles. The van der Waals surface area contributed by atoms with Gasteiger partial charge in [-0.2, -0.15) is 0 Å². The van der Waals surface area contributed by atoms with Crippen LogP contribution in [0.3, 0.4) is 0 Å². The van der Waals surface area contributed by atoms with Crippen molar-refractivity contribution in [1.82, 2.24) is 9.66 Å². The Labute approximate surface area is 112 Å². The highest BCUT2D eigenvalue weighted by atomic mass is 15.3. The SMILES string of the molecule is CC(C)c1ccccc1-c1nc2ccccc2n1N. The number of nitrogen functional groups attached to an aromatic ring is 1.